The smallest absolute Gasteiger partial charge is 0.234 e. The molecule has 10 heteroatoms. The van der Waals surface area contributed by atoms with Crippen LogP contribution in [0.3, 0.4) is 0 Å². The summed E-state index contributed by atoms with van der Waals surface area (Å²) in [4.78, 5) is 12.4. The number of nitrogens with one attached hydrogen (secondary N) is 1. The number of phenolic OH excluding ortho intramolecular Hbond substituents is 1. The Kier molecular flexibility index (Phi) is 5.96. The Morgan fingerprint density at radius 3 is 2.93 bits per heavy atom. The number of phenols is 1. The Balaban J connectivity index is 1.48. The molecule has 1 amide bonds. The van der Waals surface area contributed by atoms with E-state index in [0.29, 0.717) is 40.3 Å². The van der Waals surface area contributed by atoms with E-state index in [-0.39, 0.29) is 24.2 Å². The van der Waals surface area contributed by atoms with Gasteiger partial charge in [-0.1, -0.05) is 33.8 Å². The largest absolute Gasteiger partial charge is 0.507 e. The third kappa shape index (κ3) is 4.29. The summed E-state index contributed by atoms with van der Waals surface area (Å²) in [6.07, 6.45) is 1.71. The van der Waals surface area contributed by atoms with Gasteiger partial charge in [-0.3, -0.25) is 9.36 Å². The van der Waals surface area contributed by atoms with E-state index in [2.05, 4.69) is 38.0 Å². The Bertz CT molecular complexity index is 1120. The minimum Gasteiger partial charge on any atom is -0.507 e. The predicted octanol–water partition coefficient (Wildman–Crippen LogP) is 4.06. The zero-order valence-electron chi connectivity index (χ0n) is 15.7. The fraction of sp³-hybridized carbons (Fsp3) is 0.150. The summed E-state index contributed by atoms with van der Waals surface area (Å²) < 4.78 is 13.2. The van der Waals surface area contributed by atoms with Gasteiger partial charge in [0.25, 0.3) is 0 Å². The van der Waals surface area contributed by atoms with E-state index in [1.165, 1.54) is 11.8 Å². The number of nitrogens with zero attached hydrogens (tertiary/aromatic N) is 3. The van der Waals surface area contributed by atoms with Crippen molar-refractivity contribution in [3.05, 3.63) is 53.5 Å². The van der Waals surface area contributed by atoms with Gasteiger partial charge in [0, 0.05) is 22.8 Å². The molecule has 2 N–H and O–H groups in total. The maximum atomic E-state index is 12.4. The van der Waals surface area contributed by atoms with Crippen molar-refractivity contribution in [2.24, 2.45) is 0 Å². The van der Waals surface area contributed by atoms with Crippen LogP contribution in [-0.4, -0.2) is 38.3 Å². The van der Waals surface area contributed by atoms with E-state index in [0.717, 1.165) is 4.47 Å². The first-order valence-electron chi connectivity index (χ1n) is 8.90. The Morgan fingerprint density at radius 1 is 1.27 bits per heavy atom. The van der Waals surface area contributed by atoms with Crippen LogP contribution in [0.1, 0.15) is 0 Å². The third-order valence-corrected chi connectivity index (χ3v) is 5.68. The molecule has 0 saturated carbocycles. The standard InChI is InChI=1S/C20H17BrN4O4S/c1-2-7-25-19(14-8-12(21)3-5-15(14)26)23-24-20(25)30-10-18(27)22-13-4-6-16-17(9-13)29-11-28-16/h2-6,8-9,26H,1,7,10-11H2,(H,22,27). The first-order chi connectivity index (χ1) is 14.5. The minimum absolute atomic E-state index is 0.0908. The number of hydrogen-bond donors (Lipinski definition) is 2. The summed E-state index contributed by atoms with van der Waals surface area (Å²) in [5.74, 6) is 1.78. The fourth-order valence-electron chi connectivity index (χ4n) is 2.88. The van der Waals surface area contributed by atoms with Crippen molar-refractivity contribution in [1.29, 1.82) is 0 Å². The van der Waals surface area contributed by atoms with Crippen LogP contribution in [0.15, 0.2) is 58.7 Å². The molecule has 0 fully saturated rings. The number of thioether (sulfide) groups is 1. The number of halogens is 1. The van der Waals surface area contributed by atoms with Crippen molar-refractivity contribution < 1.29 is 19.4 Å². The van der Waals surface area contributed by atoms with Crippen LogP contribution in [0.4, 0.5) is 5.69 Å². The van der Waals surface area contributed by atoms with Gasteiger partial charge < -0.3 is 19.9 Å². The molecule has 0 bridgehead atoms. The van der Waals surface area contributed by atoms with Crippen LogP contribution in [0.25, 0.3) is 11.4 Å². The highest BCUT2D eigenvalue weighted by molar-refractivity contribution is 9.10. The third-order valence-electron chi connectivity index (χ3n) is 4.22. The molecule has 0 radical (unpaired) electrons. The van der Waals surface area contributed by atoms with Gasteiger partial charge >= 0.3 is 0 Å². The highest BCUT2D eigenvalue weighted by Gasteiger charge is 2.18. The monoisotopic (exact) mass is 488 g/mol. The Morgan fingerprint density at radius 2 is 2.10 bits per heavy atom. The predicted molar refractivity (Wildman–Crippen MR) is 117 cm³/mol. The molecule has 4 rings (SSSR count). The van der Waals surface area contributed by atoms with E-state index < -0.39 is 0 Å². The van der Waals surface area contributed by atoms with E-state index in [1.54, 1.807) is 47.0 Å². The molecular formula is C20H17BrN4O4S. The van der Waals surface area contributed by atoms with Gasteiger partial charge in [-0.2, -0.15) is 0 Å². The lowest BCUT2D eigenvalue weighted by atomic mass is 10.2. The number of aromatic hydroxyl groups is 1. The lowest BCUT2D eigenvalue weighted by molar-refractivity contribution is -0.113. The second-order valence-electron chi connectivity index (χ2n) is 6.27. The number of carbonyl (C=O) groups excluding carboxylic acids is 1. The highest BCUT2D eigenvalue weighted by atomic mass is 79.9. The van der Waals surface area contributed by atoms with Crippen LogP contribution in [-0.2, 0) is 11.3 Å². The lowest BCUT2D eigenvalue weighted by Crippen LogP contribution is -2.14. The number of allylic oxidation sites excluding steroid dienone is 1. The average Bonchev–Trinajstić information content (AvgIpc) is 3.35. The summed E-state index contributed by atoms with van der Waals surface area (Å²) in [7, 11) is 0. The molecule has 3 aromatic rings. The van der Waals surface area contributed by atoms with Crippen molar-refractivity contribution in [3.8, 4) is 28.6 Å². The number of hydrogen-bond acceptors (Lipinski definition) is 7. The van der Waals surface area contributed by atoms with Gasteiger partial charge in [-0.15, -0.1) is 16.8 Å². The summed E-state index contributed by atoms with van der Waals surface area (Å²) >= 11 is 4.65. The van der Waals surface area contributed by atoms with E-state index >= 15 is 0 Å². The molecule has 0 atom stereocenters. The maximum Gasteiger partial charge on any atom is 0.234 e. The van der Waals surface area contributed by atoms with E-state index in [4.69, 9.17) is 9.47 Å². The van der Waals surface area contributed by atoms with Crippen LogP contribution < -0.4 is 14.8 Å². The molecule has 0 unspecified atom stereocenters. The number of anilines is 1. The zero-order chi connectivity index (χ0) is 21.1. The molecule has 30 heavy (non-hydrogen) atoms. The van der Waals surface area contributed by atoms with Crippen LogP contribution in [0.5, 0.6) is 17.2 Å². The van der Waals surface area contributed by atoms with Gasteiger partial charge in [0.05, 0.1) is 11.3 Å². The van der Waals surface area contributed by atoms with Crippen molar-refractivity contribution in [1.82, 2.24) is 14.8 Å². The number of aromatic nitrogens is 3. The summed E-state index contributed by atoms with van der Waals surface area (Å²) in [6, 6.07) is 10.3. The maximum absolute atomic E-state index is 12.4. The van der Waals surface area contributed by atoms with Crippen molar-refractivity contribution >= 4 is 39.3 Å². The second kappa shape index (κ2) is 8.80. The fourth-order valence-corrected chi connectivity index (χ4v) is 3.99. The average molecular weight is 489 g/mol. The molecule has 2 aromatic carbocycles. The number of amides is 1. The molecule has 1 aromatic heterocycles. The molecule has 154 valence electrons. The first kappa shape index (κ1) is 20.3. The first-order valence-corrected chi connectivity index (χ1v) is 10.7. The Hall–Kier alpha value is -2.98. The van der Waals surface area contributed by atoms with Gasteiger partial charge in [0.2, 0.25) is 12.7 Å². The minimum atomic E-state index is -0.195. The van der Waals surface area contributed by atoms with Gasteiger partial charge in [0.1, 0.15) is 5.75 Å². The zero-order valence-corrected chi connectivity index (χ0v) is 18.1. The molecule has 2 heterocycles. The number of benzene rings is 2. The van der Waals surface area contributed by atoms with Crippen LogP contribution >= 0.6 is 27.7 Å². The molecule has 0 spiro atoms. The molecule has 1 aliphatic heterocycles. The van der Waals surface area contributed by atoms with Crippen molar-refractivity contribution in [2.45, 2.75) is 11.7 Å². The van der Waals surface area contributed by atoms with E-state index in [1.807, 2.05) is 0 Å². The summed E-state index contributed by atoms with van der Waals surface area (Å²) in [5, 5.41) is 22.0. The Labute approximate surface area is 185 Å². The van der Waals surface area contributed by atoms with Gasteiger partial charge in [-0.25, -0.2) is 0 Å². The highest BCUT2D eigenvalue weighted by Crippen LogP contribution is 2.35. The van der Waals surface area contributed by atoms with Crippen molar-refractivity contribution in [3.63, 3.8) is 0 Å². The lowest BCUT2D eigenvalue weighted by Gasteiger charge is -2.09. The molecule has 0 saturated heterocycles. The van der Waals surface area contributed by atoms with Crippen LogP contribution in [0, 0.1) is 0 Å². The molecule has 1 aliphatic rings. The summed E-state index contributed by atoms with van der Waals surface area (Å²) in [5.41, 5.74) is 1.16. The number of fused-ring (bicyclic) bond motifs is 1. The number of carbonyl (C=O) groups is 1. The molecule has 0 aliphatic carbocycles. The number of rotatable bonds is 7. The molecular weight excluding hydrogens is 472 g/mol. The second-order valence-corrected chi connectivity index (χ2v) is 8.13. The quantitative estimate of drug-likeness (QED) is 0.382. The number of ether oxygens (including phenoxy) is 2. The topological polar surface area (TPSA) is 98.5 Å². The van der Waals surface area contributed by atoms with E-state index in [9.17, 15) is 9.90 Å². The SMILES string of the molecule is C=CCn1c(SCC(=O)Nc2ccc3c(c2)OCO3)nnc1-c1cc(Br)ccc1O. The molecule has 8 nitrogen and oxygen atoms in total. The van der Waals surface area contributed by atoms with Gasteiger partial charge in [0.15, 0.2) is 22.5 Å². The normalized spacial score (nSPS) is 12.0. The summed E-state index contributed by atoms with van der Waals surface area (Å²) in [6.45, 7) is 4.38. The van der Waals surface area contributed by atoms with Crippen LogP contribution in [0.2, 0.25) is 0 Å². The van der Waals surface area contributed by atoms with Crippen molar-refractivity contribution in [2.75, 3.05) is 17.9 Å². The van der Waals surface area contributed by atoms with Gasteiger partial charge in [-0.05, 0) is 30.3 Å².